The number of amides is 1. The molecule has 2 fully saturated rings. The Labute approximate surface area is 208 Å². The molecule has 2 aliphatic carbocycles. The minimum absolute atomic E-state index is 0.0976. The van der Waals surface area contributed by atoms with Crippen molar-refractivity contribution < 1.29 is 13.9 Å². The molecule has 3 aliphatic rings. The Balaban J connectivity index is 1.43. The van der Waals surface area contributed by atoms with Gasteiger partial charge in [-0.1, -0.05) is 68.9 Å². The maximum absolute atomic E-state index is 14.1. The van der Waals surface area contributed by atoms with Crippen LogP contribution in [-0.4, -0.2) is 24.2 Å². The molecule has 2 aromatic carbocycles. The van der Waals surface area contributed by atoms with E-state index in [1.807, 2.05) is 30.3 Å². The molecular weight excluding hydrogens is 441 g/mol. The predicted octanol–water partition coefficient (Wildman–Crippen LogP) is 6.22. The van der Waals surface area contributed by atoms with Crippen molar-refractivity contribution in [2.75, 3.05) is 17.2 Å². The van der Waals surface area contributed by atoms with Gasteiger partial charge in [0.2, 0.25) is 5.91 Å². The van der Waals surface area contributed by atoms with Crippen LogP contribution in [0.2, 0.25) is 0 Å². The van der Waals surface area contributed by atoms with Crippen LogP contribution in [0.4, 0.5) is 15.8 Å². The van der Waals surface area contributed by atoms with Crippen molar-refractivity contribution in [1.29, 1.82) is 0 Å². The number of halogens is 1. The summed E-state index contributed by atoms with van der Waals surface area (Å²) >= 11 is 0. The van der Waals surface area contributed by atoms with E-state index >= 15 is 0 Å². The van der Waals surface area contributed by atoms with Crippen LogP contribution in [0.5, 0.6) is 0 Å². The van der Waals surface area contributed by atoms with Crippen molar-refractivity contribution in [1.82, 2.24) is 5.32 Å². The lowest BCUT2D eigenvalue weighted by Gasteiger charge is -2.43. The van der Waals surface area contributed by atoms with Gasteiger partial charge < -0.3 is 20.7 Å². The minimum atomic E-state index is -0.828. The summed E-state index contributed by atoms with van der Waals surface area (Å²) in [6.07, 6.45) is 11.2. The number of rotatable bonds is 8. The van der Waals surface area contributed by atoms with E-state index in [0.29, 0.717) is 18.9 Å². The molecule has 6 heteroatoms. The lowest BCUT2D eigenvalue weighted by molar-refractivity contribution is -0.131. The largest absolute Gasteiger partial charge is 0.372 e. The normalized spacial score (nSPS) is 23.7. The number of anilines is 2. The van der Waals surface area contributed by atoms with Gasteiger partial charge in [0.1, 0.15) is 11.5 Å². The predicted molar refractivity (Wildman–Crippen MR) is 138 cm³/mol. The topological polar surface area (TPSA) is 62.4 Å². The van der Waals surface area contributed by atoms with Crippen LogP contribution in [0.1, 0.15) is 69.8 Å². The highest BCUT2D eigenvalue weighted by Crippen LogP contribution is 2.44. The van der Waals surface area contributed by atoms with Crippen LogP contribution in [0, 0.1) is 17.7 Å². The summed E-state index contributed by atoms with van der Waals surface area (Å²) in [4.78, 5) is 14.0. The van der Waals surface area contributed by atoms with E-state index in [1.165, 1.54) is 37.8 Å². The van der Waals surface area contributed by atoms with Crippen LogP contribution in [0.25, 0.3) is 0 Å². The van der Waals surface area contributed by atoms with Crippen molar-refractivity contribution in [3.63, 3.8) is 0 Å². The molecule has 1 heterocycles. The van der Waals surface area contributed by atoms with Crippen molar-refractivity contribution >= 4 is 17.3 Å². The molecule has 35 heavy (non-hydrogen) atoms. The average molecular weight is 480 g/mol. The molecule has 2 unspecified atom stereocenters. The van der Waals surface area contributed by atoms with E-state index in [0.717, 1.165) is 49.8 Å². The maximum atomic E-state index is 14.1. The number of nitrogens with one attached hydrogen (secondary N) is 3. The first-order chi connectivity index (χ1) is 17.1. The van der Waals surface area contributed by atoms with E-state index in [1.54, 1.807) is 6.07 Å². The molecule has 5 nitrogen and oxygen atoms in total. The summed E-state index contributed by atoms with van der Waals surface area (Å²) in [6, 6.07) is 15.1. The van der Waals surface area contributed by atoms with Crippen LogP contribution >= 0.6 is 0 Å². The van der Waals surface area contributed by atoms with Crippen LogP contribution in [-0.2, 0) is 16.1 Å². The second-order valence-electron chi connectivity index (χ2n) is 10.6. The van der Waals surface area contributed by atoms with Gasteiger partial charge in [0.05, 0.1) is 30.5 Å². The van der Waals surface area contributed by atoms with Crippen LogP contribution in [0.3, 0.4) is 0 Å². The highest BCUT2D eigenvalue weighted by atomic mass is 19.1. The van der Waals surface area contributed by atoms with Gasteiger partial charge in [0, 0.05) is 6.04 Å². The number of ether oxygens (including phenoxy) is 1. The van der Waals surface area contributed by atoms with Gasteiger partial charge in [-0.05, 0) is 55.4 Å². The zero-order valence-corrected chi connectivity index (χ0v) is 20.5. The summed E-state index contributed by atoms with van der Waals surface area (Å²) in [5.41, 5.74) is 1.77. The fourth-order valence-electron chi connectivity index (χ4n) is 6.31. The molecule has 0 aromatic heterocycles. The Morgan fingerprint density at radius 2 is 1.63 bits per heavy atom. The molecule has 0 radical (unpaired) electrons. The third-order valence-corrected chi connectivity index (χ3v) is 8.02. The highest BCUT2D eigenvalue weighted by Gasteiger charge is 2.51. The van der Waals surface area contributed by atoms with Crippen LogP contribution < -0.4 is 16.0 Å². The first-order valence-electron chi connectivity index (χ1n) is 13.4. The molecule has 188 valence electrons. The molecule has 0 bridgehead atoms. The molecule has 1 aliphatic heterocycles. The first-order valence-corrected chi connectivity index (χ1v) is 13.4. The molecule has 2 atom stereocenters. The Morgan fingerprint density at radius 1 is 0.943 bits per heavy atom. The second kappa shape index (κ2) is 11.0. The fourth-order valence-corrected chi connectivity index (χ4v) is 6.31. The number of fused-ring (bicyclic) bond motifs is 1. The van der Waals surface area contributed by atoms with Crippen molar-refractivity contribution in [3.8, 4) is 0 Å². The molecule has 2 aromatic rings. The molecule has 1 amide bonds. The van der Waals surface area contributed by atoms with Crippen molar-refractivity contribution in [3.05, 3.63) is 59.9 Å². The molecule has 5 rings (SSSR count). The molecule has 0 spiro atoms. The lowest BCUT2D eigenvalue weighted by atomic mass is 9.73. The van der Waals surface area contributed by atoms with Gasteiger partial charge >= 0.3 is 0 Å². The van der Waals surface area contributed by atoms with Gasteiger partial charge in [-0.2, -0.15) is 0 Å². The summed E-state index contributed by atoms with van der Waals surface area (Å²) < 4.78 is 20.4. The third-order valence-electron chi connectivity index (χ3n) is 8.02. The Bertz CT molecular complexity index is 989. The monoisotopic (exact) mass is 479 g/mol. The lowest BCUT2D eigenvalue weighted by Crippen LogP contribution is -2.61. The zero-order chi connectivity index (χ0) is 24.1. The number of carbonyl (C=O) groups excluding carboxylic acids is 1. The molecule has 2 saturated carbocycles. The Hall–Kier alpha value is -2.60. The number of carbonyl (C=O) groups is 1. The molecule has 3 N–H and O–H groups in total. The van der Waals surface area contributed by atoms with Gasteiger partial charge in [0.25, 0.3) is 0 Å². The summed E-state index contributed by atoms with van der Waals surface area (Å²) in [5, 5.41) is 10.6. The zero-order valence-electron chi connectivity index (χ0n) is 20.5. The number of benzene rings is 2. The van der Waals surface area contributed by atoms with Crippen molar-refractivity contribution in [2.45, 2.75) is 82.5 Å². The quantitative estimate of drug-likeness (QED) is 0.421. The fraction of sp³-hybridized carbons (Fsp3) is 0.552. The number of hydrogen-bond donors (Lipinski definition) is 3. The smallest absolute Gasteiger partial charge is 0.227 e. The number of hydrogen-bond acceptors (Lipinski definition) is 4. The Kier molecular flexibility index (Phi) is 7.57. The van der Waals surface area contributed by atoms with Crippen LogP contribution in [0.15, 0.2) is 48.5 Å². The third kappa shape index (κ3) is 5.64. The SMILES string of the molecule is O=C(NC1CCCCC1)C(C1CCCCC1)C1(COCc2ccccc2)Nc2ccc(F)cc2N1. The van der Waals surface area contributed by atoms with E-state index in [2.05, 4.69) is 16.0 Å². The van der Waals surface area contributed by atoms with E-state index in [9.17, 15) is 9.18 Å². The van der Waals surface area contributed by atoms with Crippen molar-refractivity contribution in [2.24, 2.45) is 11.8 Å². The second-order valence-corrected chi connectivity index (χ2v) is 10.6. The van der Waals surface area contributed by atoms with Gasteiger partial charge in [0.15, 0.2) is 0 Å². The standard InChI is InChI=1S/C29H38FN3O2/c30-23-16-17-25-26(18-23)33-29(32-25,20-35-19-21-10-4-1-5-11-21)27(22-12-6-2-7-13-22)28(34)31-24-14-8-3-9-15-24/h1,4-5,10-11,16-18,22,24,27,32-33H,2-3,6-9,12-15,19-20H2,(H,31,34). The highest BCUT2D eigenvalue weighted by molar-refractivity contribution is 5.86. The van der Waals surface area contributed by atoms with E-state index in [4.69, 9.17) is 4.74 Å². The maximum Gasteiger partial charge on any atom is 0.227 e. The van der Waals surface area contributed by atoms with Gasteiger partial charge in [-0.25, -0.2) is 4.39 Å². The molecule has 0 saturated heterocycles. The molecular formula is C29H38FN3O2. The first kappa shape index (κ1) is 24.1. The van der Waals surface area contributed by atoms with E-state index in [-0.39, 0.29) is 29.6 Å². The summed E-state index contributed by atoms with van der Waals surface area (Å²) in [6.45, 7) is 0.760. The summed E-state index contributed by atoms with van der Waals surface area (Å²) in [7, 11) is 0. The Morgan fingerprint density at radius 3 is 2.37 bits per heavy atom. The summed E-state index contributed by atoms with van der Waals surface area (Å²) in [5.74, 6) is -0.275. The minimum Gasteiger partial charge on any atom is -0.372 e. The van der Waals surface area contributed by atoms with Gasteiger partial charge in [-0.15, -0.1) is 0 Å². The van der Waals surface area contributed by atoms with Gasteiger partial charge in [-0.3, -0.25) is 4.79 Å². The van der Waals surface area contributed by atoms with E-state index < -0.39 is 5.66 Å². The average Bonchev–Trinajstić information content (AvgIpc) is 3.24.